The van der Waals surface area contributed by atoms with Gasteiger partial charge in [-0.05, 0) is 58.6 Å². The highest BCUT2D eigenvalue weighted by Gasteiger charge is 2.33. The van der Waals surface area contributed by atoms with Crippen LogP contribution in [0, 0.1) is 6.92 Å². The maximum absolute atomic E-state index is 12.4. The first kappa shape index (κ1) is 21.9. The molecule has 2 unspecified atom stereocenters. The number of nitrogens with one attached hydrogen (secondary N) is 1. The number of fused-ring (bicyclic) bond motifs is 1. The minimum Gasteiger partial charge on any atom is -0.390 e. The molecule has 0 bridgehead atoms. The molecule has 3 heterocycles. The Morgan fingerprint density at radius 1 is 1.33 bits per heavy atom. The van der Waals surface area contributed by atoms with Crippen molar-refractivity contribution in [3.8, 4) is 6.01 Å². The highest BCUT2D eigenvalue weighted by molar-refractivity contribution is 6.34. The molecule has 1 saturated carbocycles. The highest BCUT2D eigenvalue weighted by Crippen LogP contribution is 2.37. The molecule has 0 spiro atoms. The van der Waals surface area contributed by atoms with Crippen LogP contribution in [0.15, 0.2) is 24.5 Å². The summed E-state index contributed by atoms with van der Waals surface area (Å²) in [4.78, 5) is 23.2. The number of nitrogens with zero attached hydrogens (tertiary/aromatic N) is 5. The number of hydrogen-bond donors (Lipinski definition) is 2. The molecular weight excluding hydrogens is 444 g/mol. The lowest BCUT2D eigenvalue weighted by molar-refractivity contribution is 0.0242. The van der Waals surface area contributed by atoms with Crippen LogP contribution in [-0.4, -0.2) is 49.1 Å². The van der Waals surface area contributed by atoms with Crippen molar-refractivity contribution in [2.24, 2.45) is 0 Å². The minimum absolute atomic E-state index is 0.0462. The molecule has 33 heavy (non-hydrogen) atoms. The van der Waals surface area contributed by atoms with Gasteiger partial charge in [0.25, 0.3) is 0 Å². The number of halogens is 1. The van der Waals surface area contributed by atoms with Gasteiger partial charge in [-0.1, -0.05) is 11.6 Å². The summed E-state index contributed by atoms with van der Waals surface area (Å²) in [6.45, 7) is 6.54. The maximum atomic E-state index is 12.4. The van der Waals surface area contributed by atoms with Crippen LogP contribution in [0.3, 0.4) is 0 Å². The van der Waals surface area contributed by atoms with E-state index in [-0.39, 0.29) is 12.1 Å². The molecule has 2 N–H and O–H groups in total. The van der Waals surface area contributed by atoms with Gasteiger partial charge in [0.15, 0.2) is 0 Å². The Morgan fingerprint density at radius 2 is 2.12 bits per heavy atom. The van der Waals surface area contributed by atoms with Crippen molar-refractivity contribution in [2.45, 2.75) is 64.1 Å². The van der Waals surface area contributed by atoms with Gasteiger partial charge >= 0.3 is 12.1 Å². The summed E-state index contributed by atoms with van der Waals surface area (Å²) in [6.07, 6.45) is 6.06. The number of amides is 1. The van der Waals surface area contributed by atoms with Crippen molar-refractivity contribution in [3.05, 3.63) is 35.2 Å². The number of carbonyl (C=O) groups is 1. The number of anilines is 2. The van der Waals surface area contributed by atoms with Gasteiger partial charge in [0.1, 0.15) is 0 Å². The maximum Gasteiger partial charge on any atom is 0.419 e. The number of aliphatic hydroxyl groups is 1. The second-order valence-corrected chi connectivity index (χ2v) is 9.75. The van der Waals surface area contributed by atoms with Gasteiger partial charge in [-0.15, -0.1) is 0 Å². The quantitative estimate of drug-likeness (QED) is 0.579. The first-order valence-corrected chi connectivity index (χ1v) is 11.6. The predicted molar refractivity (Wildman–Crippen MR) is 126 cm³/mol. The Bertz CT molecular complexity index is 1220. The third-order valence-electron chi connectivity index (χ3n) is 6.45. The molecule has 10 heteroatoms. The second kappa shape index (κ2) is 8.14. The second-order valence-electron chi connectivity index (χ2n) is 9.34. The van der Waals surface area contributed by atoms with Crippen molar-refractivity contribution in [3.63, 3.8) is 0 Å². The van der Waals surface area contributed by atoms with Crippen molar-refractivity contribution in [2.75, 3.05) is 16.8 Å². The molecule has 2 fully saturated rings. The fourth-order valence-corrected chi connectivity index (χ4v) is 4.81. The third-order valence-corrected chi connectivity index (χ3v) is 6.76. The number of rotatable bonds is 4. The van der Waals surface area contributed by atoms with Gasteiger partial charge < -0.3 is 14.7 Å². The van der Waals surface area contributed by atoms with E-state index in [1.165, 1.54) is 0 Å². The van der Waals surface area contributed by atoms with Gasteiger partial charge in [-0.25, -0.2) is 9.78 Å². The number of ether oxygens (including phenoxy) is 1. The smallest absolute Gasteiger partial charge is 0.390 e. The predicted octanol–water partition coefficient (Wildman–Crippen LogP) is 4.47. The summed E-state index contributed by atoms with van der Waals surface area (Å²) in [7, 11) is 0. The summed E-state index contributed by atoms with van der Waals surface area (Å²) in [6, 6.07) is 4.19. The van der Waals surface area contributed by atoms with Gasteiger partial charge in [0.05, 0.1) is 45.4 Å². The zero-order valence-corrected chi connectivity index (χ0v) is 19.6. The molecule has 174 valence electrons. The molecule has 5 rings (SSSR count). The van der Waals surface area contributed by atoms with E-state index in [0.29, 0.717) is 41.7 Å². The summed E-state index contributed by atoms with van der Waals surface area (Å²) in [5.41, 5.74) is 2.28. The van der Waals surface area contributed by atoms with Gasteiger partial charge in [-0.2, -0.15) is 10.1 Å². The lowest BCUT2D eigenvalue weighted by Gasteiger charge is -2.42. The Kier molecular flexibility index (Phi) is 5.41. The molecule has 1 saturated heterocycles. The first-order chi connectivity index (χ1) is 15.7. The van der Waals surface area contributed by atoms with Gasteiger partial charge in [-0.3, -0.25) is 10.00 Å². The van der Waals surface area contributed by atoms with E-state index in [9.17, 15) is 9.90 Å². The van der Waals surface area contributed by atoms with Crippen molar-refractivity contribution in [1.82, 2.24) is 19.7 Å². The fraction of sp³-hybridized carbons (Fsp3) is 0.478. The topological polar surface area (TPSA) is 105 Å². The van der Waals surface area contributed by atoms with Crippen LogP contribution in [-0.2, 0) is 0 Å². The summed E-state index contributed by atoms with van der Waals surface area (Å²) < 4.78 is 7.27. The summed E-state index contributed by atoms with van der Waals surface area (Å²) >= 11 is 6.57. The molecule has 9 nitrogen and oxygen atoms in total. The summed E-state index contributed by atoms with van der Waals surface area (Å²) in [5, 5.41) is 18.8. The van der Waals surface area contributed by atoms with E-state index in [1.54, 1.807) is 12.4 Å². The Labute approximate surface area is 196 Å². The first-order valence-electron chi connectivity index (χ1n) is 11.2. The number of benzene rings is 1. The highest BCUT2D eigenvalue weighted by atomic mass is 35.5. The van der Waals surface area contributed by atoms with Crippen LogP contribution in [0.1, 0.15) is 51.3 Å². The van der Waals surface area contributed by atoms with Gasteiger partial charge in [0.2, 0.25) is 0 Å². The average molecular weight is 471 g/mol. The van der Waals surface area contributed by atoms with Crippen LogP contribution >= 0.6 is 11.6 Å². The zero-order valence-electron chi connectivity index (χ0n) is 18.9. The van der Waals surface area contributed by atoms with Crippen LogP contribution in [0.5, 0.6) is 6.01 Å². The van der Waals surface area contributed by atoms with Crippen LogP contribution in [0.2, 0.25) is 5.02 Å². The van der Waals surface area contributed by atoms with E-state index in [2.05, 4.69) is 32.2 Å². The normalized spacial score (nSPS) is 23.1. The van der Waals surface area contributed by atoms with Crippen LogP contribution in [0.4, 0.5) is 16.2 Å². The Balaban J connectivity index is 1.34. The third kappa shape index (κ3) is 4.47. The van der Waals surface area contributed by atoms with Gasteiger partial charge in [0, 0.05) is 24.2 Å². The zero-order chi connectivity index (χ0) is 23.3. The molecular formula is C23H27ClN6O3. The molecule has 2 aliphatic rings. The largest absolute Gasteiger partial charge is 0.419 e. The SMILES string of the molecule is Cc1c(NC(=O)Oc2ncc3cc(Cl)c(N4CCC(C)(O)CC4C)cc3n2)cnn1C1CC1. The molecule has 3 aromatic rings. The molecule has 1 aliphatic heterocycles. The summed E-state index contributed by atoms with van der Waals surface area (Å²) in [5.74, 6) is 0. The van der Waals surface area contributed by atoms with E-state index >= 15 is 0 Å². The van der Waals surface area contributed by atoms with Crippen LogP contribution < -0.4 is 15.0 Å². The van der Waals surface area contributed by atoms with Crippen molar-refractivity contribution >= 4 is 40.0 Å². The molecule has 1 amide bonds. The molecule has 0 radical (unpaired) electrons. The average Bonchev–Trinajstić information content (AvgIpc) is 3.52. The van der Waals surface area contributed by atoms with Crippen molar-refractivity contribution in [1.29, 1.82) is 0 Å². The minimum atomic E-state index is -0.677. The molecule has 2 aromatic heterocycles. The number of hydrogen-bond acceptors (Lipinski definition) is 7. The Hall–Kier alpha value is -2.91. The lowest BCUT2D eigenvalue weighted by Crippen LogP contribution is -2.48. The fourth-order valence-electron chi connectivity index (χ4n) is 4.53. The van der Waals surface area contributed by atoms with E-state index < -0.39 is 11.7 Å². The van der Waals surface area contributed by atoms with E-state index in [4.69, 9.17) is 16.3 Å². The molecule has 1 aromatic carbocycles. The monoisotopic (exact) mass is 470 g/mol. The van der Waals surface area contributed by atoms with E-state index in [0.717, 1.165) is 29.6 Å². The van der Waals surface area contributed by atoms with Crippen LogP contribution in [0.25, 0.3) is 10.9 Å². The van der Waals surface area contributed by atoms with E-state index in [1.807, 2.05) is 30.7 Å². The molecule has 1 aliphatic carbocycles. The number of carbonyl (C=O) groups excluding carboxylic acids is 1. The standard InChI is InChI=1S/C23H27ClN6O3/c1-13-10-23(3,32)6-7-29(13)20-9-18-15(8-17(20)24)11-25-21(27-18)33-22(31)28-19-12-26-30(14(19)2)16-4-5-16/h8-9,11-13,16,32H,4-7,10H2,1-3H3,(H,28,31). The lowest BCUT2D eigenvalue weighted by atomic mass is 9.88. The number of aromatic nitrogens is 4. The van der Waals surface area contributed by atoms with Crippen molar-refractivity contribution < 1.29 is 14.6 Å². The Morgan fingerprint density at radius 3 is 2.85 bits per heavy atom. The number of piperidine rings is 1. The molecule has 2 atom stereocenters.